The standard InChI is InChI=1S/C24H28F3N5O6/c1-5-6-12-36-17-10-9-14(13-15(17)24(25,26)27)18-28-19(38-31-18)16-8-7-11-32(16)20(29-21(33)34)30-22(35)37-23(2,3)4/h5,9-10,13,16H,1,6-8,11-12H2,2-4H3,(H,33,34)(H,29,30,35)/t16-/m0/s1. The van der Waals surface area contributed by atoms with Gasteiger partial charge in [-0.15, -0.1) is 11.6 Å². The van der Waals surface area contributed by atoms with Crippen LogP contribution >= 0.6 is 0 Å². The molecular formula is C24H28F3N5O6. The first-order chi connectivity index (χ1) is 17.8. The molecule has 0 radical (unpaired) electrons. The monoisotopic (exact) mass is 539 g/mol. The third-order valence-electron chi connectivity index (χ3n) is 5.19. The molecule has 1 aromatic heterocycles. The maximum absolute atomic E-state index is 13.7. The molecule has 0 aliphatic carbocycles. The maximum Gasteiger partial charge on any atom is 0.434 e. The smallest absolute Gasteiger partial charge is 0.434 e. The average molecular weight is 540 g/mol. The molecule has 3 rings (SSSR count). The van der Waals surface area contributed by atoms with Crippen molar-refractivity contribution in [2.24, 2.45) is 4.99 Å². The van der Waals surface area contributed by atoms with Gasteiger partial charge in [0, 0.05) is 12.1 Å². The summed E-state index contributed by atoms with van der Waals surface area (Å²) in [5, 5.41) is 15.4. The Kier molecular flexibility index (Phi) is 8.63. The lowest BCUT2D eigenvalue weighted by Gasteiger charge is -2.26. The molecule has 1 saturated heterocycles. The minimum atomic E-state index is -4.69. The van der Waals surface area contributed by atoms with E-state index in [1.54, 1.807) is 20.8 Å². The van der Waals surface area contributed by atoms with E-state index >= 15 is 0 Å². The summed E-state index contributed by atoms with van der Waals surface area (Å²) in [5.74, 6) is -0.723. The van der Waals surface area contributed by atoms with Crippen LogP contribution in [0.25, 0.3) is 11.4 Å². The number of guanidine groups is 1. The van der Waals surface area contributed by atoms with E-state index in [0.29, 0.717) is 25.8 Å². The van der Waals surface area contributed by atoms with E-state index in [1.807, 2.05) is 0 Å². The van der Waals surface area contributed by atoms with Gasteiger partial charge in [0.05, 0.1) is 12.2 Å². The van der Waals surface area contributed by atoms with E-state index in [-0.39, 0.29) is 35.6 Å². The van der Waals surface area contributed by atoms with Gasteiger partial charge in [-0.25, -0.2) is 9.59 Å². The molecule has 1 aliphatic rings. The fourth-order valence-corrected chi connectivity index (χ4v) is 3.68. The van der Waals surface area contributed by atoms with Crippen LogP contribution in [0.4, 0.5) is 22.8 Å². The number of aliphatic imine (C=N–C) groups is 1. The summed E-state index contributed by atoms with van der Waals surface area (Å²) in [5.41, 5.74) is -1.80. The molecule has 1 fully saturated rings. The molecule has 38 heavy (non-hydrogen) atoms. The Bertz CT molecular complexity index is 1200. The van der Waals surface area contributed by atoms with Gasteiger partial charge in [-0.3, -0.25) is 5.32 Å². The van der Waals surface area contributed by atoms with Crippen molar-refractivity contribution in [2.45, 2.75) is 57.9 Å². The van der Waals surface area contributed by atoms with Gasteiger partial charge in [0.15, 0.2) is 0 Å². The van der Waals surface area contributed by atoms with E-state index in [2.05, 4.69) is 27.0 Å². The fourth-order valence-electron chi connectivity index (χ4n) is 3.68. The third-order valence-corrected chi connectivity index (χ3v) is 5.19. The van der Waals surface area contributed by atoms with Gasteiger partial charge >= 0.3 is 18.4 Å². The van der Waals surface area contributed by atoms with E-state index in [9.17, 15) is 27.9 Å². The van der Waals surface area contributed by atoms with Crippen molar-refractivity contribution in [3.05, 3.63) is 42.3 Å². The number of alkyl carbamates (subject to hydrolysis) is 1. The van der Waals surface area contributed by atoms with Crippen molar-refractivity contribution in [2.75, 3.05) is 13.2 Å². The number of benzene rings is 1. The number of hydrogen-bond donors (Lipinski definition) is 2. The average Bonchev–Trinajstić information content (AvgIpc) is 3.46. The molecule has 11 nitrogen and oxygen atoms in total. The van der Waals surface area contributed by atoms with Gasteiger partial charge in [-0.2, -0.15) is 18.2 Å². The number of nitrogens with one attached hydrogen (secondary N) is 1. The topological polar surface area (TPSA) is 139 Å². The molecule has 2 N–H and O–H groups in total. The highest BCUT2D eigenvalue weighted by Crippen LogP contribution is 2.39. The molecule has 1 atom stereocenters. The van der Waals surface area contributed by atoms with Gasteiger partial charge in [0.1, 0.15) is 17.4 Å². The van der Waals surface area contributed by atoms with Crippen molar-refractivity contribution in [3.8, 4) is 17.1 Å². The number of nitrogens with zero attached hydrogens (tertiary/aromatic N) is 4. The van der Waals surface area contributed by atoms with Crippen LogP contribution in [0.2, 0.25) is 0 Å². The SMILES string of the molecule is C=CCCOc1ccc(-c2noc([C@@H]3CCCN3/C(=N\C(=O)O)NC(=O)OC(C)(C)C)n2)cc1C(F)(F)F. The molecule has 2 amide bonds. The van der Waals surface area contributed by atoms with E-state index in [1.165, 1.54) is 23.1 Å². The second kappa shape index (κ2) is 11.5. The summed E-state index contributed by atoms with van der Waals surface area (Å²) in [6.45, 7) is 8.77. The zero-order valence-corrected chi connectivity index (χ0v) is 21.0. The predicted octanol–water partition coefficient (Wildman–Crippen LogP) is 5.41. The van der Waals surface area contributed by atoms with Gasteiger partial charge < -0.3 is 24.0 Å². The summed E-state index contributed by atoms with van der Waals surface area (Å²) in [6, 6.07) is 2.74. The summed E-state index contributed by atoms with van der Waals surface area (Å²) >= 11 is 0. The maximum atomic E-state index is 13.7. The minimum Gasteiger partial charge on any atom is -0.493 e. The van der Waals surface area contributed by atoms with Crippen LogP contribution in [-0.2, 0) is 10.9 Å². The van der Waals surface area contributed by atoms with Crippen molar-refractivity contribution in [3.63, 3.8) is 0 Å². The van der Waals surface area contributed by atoms with Gasteiger partial charge in [0.2, 0.25) is 17.7 Å². The zero-order valence-electron chi connectivity index (χ0n) is 21.0. The Balaban J connectivity index is 1.87. The Morgan fingerprint density at radius 3 is 2.71 bits per heavy atom. The number of hydrogen-bond acceptors (Lipinski definition) is 7. The second-order valence-corrected chi connectivity index (χ2v) is 9.29. The quantitative estimate of drug-likeness (QED) is 0.214. The normalized spacial score (nSPS) is 16.3. The lowest BCUT2D eigenvalue weighted by Crippen LogP contribution is -2.46. The molecule has 0 unspecified atom stereocenters. The molecule has 0 saturated carbocycles. The number of ether oxygens (including phenoxy) is 2. The first kappa shape index (κ1) is 28.5. The largest absolute Gasteiger partial charge is 0.493 e. The van der Waals surface area contributed by atoms with Crippen molar-refractivity contribution >= 4 is 18.1 Å². The predicted molar refractivity (Wildman–Crippen MR) is 129 cm³/mol. The number of halogens is 3. The third kappa shape index (κ3) is 7.46. The molecule has 2 aromatic rings. The minimum absolute atomic E-state index is 0.0152. The number of aromatic nitrogens is 2. The first-order valence-corrected chi connectivity index (χ1v) is 11.7. The van der Waals surface area contributed by atoms with Crippen LogP contribution in [-0.4, -0.2) is 57.0 Å². The highest BCUT2D eigenvalue weighted by atomic mass is 19.4. The van der Waals surface area contributed by atoms with E-state index in [4.69, 9.17) is 14.0 Å². The number of likely N-dealkylation sites (tertiary alicyclic amines) is 1. The lowest BCUT2D eigenvalue weighted by molar-refractivity contribution is -0.138. The van der Waals surface area contributed by atoms with Crippen molar-refractivity contribution in [1.29, 1.82) is 0 Å². The zero-order chi connectivity index (χ0) is 28.1. The number of carbonyl (C=O) groups excluding carboxylic acids is 1. The van der Waals surface area contributed by atoms with Crippen LogP contribution in [0.15, 0.2) is 40.4 Å². The van der Waals surface area contributed by atoms with Crippen molar-refractivity contribution in [1.82, 2.24) is 20.4 Å². The number of rotatable bonds is 6. The fraction of sp³-hybridized carbons (Fsp3) is 0.458. The van der Waals surface area contributed by atoms with Crippen LogP contribution < -0.4 is 10.1 Å². The Morgan fingerprint density at radius 1 is 1.34 bits per heavy atom. The van der Waals surface area contributed by atoms with E-state index < -0.39 is 35.6 Å². The molecule has 2 heterocycles. The number of carboxylic acid groups (broad SMARTS) is 1. The van der Waals surface area contributed by atoms with Gasteiger partial charge in [-0.05, 0) is 58.2 Å². The number of carbonyl (C=O) groups is 2. The Hall–Kier alpha value is -4.10. The highest BCUT2D eigenvalue weighted by molar-refractivity contribution is 5.98. The molecule has 1 aromatic carbocycles. The summed E-state index contributed by atoms with van der Waals surface area (Å²) < 4.78 is 56.8. The van der Waals surface area contributed by atoms with E-state index in [0.717, 1.165) is 6.07 Å². The second-order valence-electron chi connectivity index (χ2n) is 9.29. The highest BCUT2D eigenvalue weighted by Gasteiger charge is 2.37. The van der Waals surface area contributed by atoms with Crippen LogP contribution in [0, 0.1) is 0 Å². The van der Waals surface area contributed by atoms with Gasteiger partial charge in [0.25, 0.3) is 0 Å². The molecule has 206 valence electrons. The van der Waals surface area contributed by atoms with Crippen molar-refractivity contribution < 1.29 is 41.9 Å². The molecule has 0 spiro atoms. The summed E-state index contributed by atoms with van der Waals surface area (Å²) in [7, 11) is 0. The molecular weight excluding hydrogens is 511 g/mol. The molecule has 1 aliphatic heterocycles. The van der Waals surface area contributed by atoms with Crippen LogP contribution in [0.5, 0.6) is 5.75 Å². The number of alkyl halides is 3. The molecule has 14 heteroatoms. The first-order valence-electron chi connectivity index (χ1n) is 11.7. The number of amides is 2. The summed E-state index contributed by atoms with van der Waals surface area (Å²) in [6.07, 6.45) is -4.26. The molecule has 0 bridgehead atoms. The van der Waals surface area contributed by atoms with Crippen LogP contribution in [0.1, 0.15) is 57.5 Å². The van der Waals surface area contributed by atoms with Gasteiger partial charge in [-0.1, -0.05) is 11.2 Å². The summed E-state index contributed by atoms with van der Waals surface area (Å²) in [4.78, 5) is 32.8. The lowest BCUT2D eigenvalue weighted by atomic mass is 10.1. The Morgan fingerprint density at radius 2 is 2.08 bits per heavy atom. The Labute approximate surface area is 216 Å². The van der Waals surface area contributed by atoms with Crippen LogP contribution in [0.3, 0.4) is 0 Å².